The molecule has 90 valence electrons. The molecule has 1 aromatic heterocycles. The Morgan fingerprint density at radius 3 is 3.06 bits per heavy atom. The molecule has 1 fully saturated rings. The quantitative estimate of drug-likeness (QED) is 0.829. The monoisotopic (exact) mass is 243 g/mol. The van der Waals surface area contributed by atoms with Gasteiger partial charge in [0.2, 0.25) is 0 Å². The molecule has 2 rings (SSSR count). The van der Waals surface area contributed by atoms with Crippen LogP contribution in [0.5, 0.6) is 0 Å². The maximum atomic E-state index is 11.1. The van der Waals surface area contributed by atoms with E-state index in [0.29, 0.717) is 12.6 Å². The average Bonchev–Trinajstić information content (AvgIpc) is 2.84. The van der Waals surface area contributed by atoms with E-state index in [0.717, 1.165) is 18.7 Å². The second kappa shape index (κ2) is 4.55. The lowest BCUT2D eigenvalue weighted by Gasteiger charge is -2.13. The van der Waals surface area contributed by atoms with Crippen molar-refractivity contribution in [2.45, 2.75) is 25.4 Å². The molecule has 16 heavy (non-hydrogen) atoms. The SMILES string of the molecule is CS(=O)(=O)CCn1cncc1C1CCCN1. The minimum atomic E-state index is -2.91. The second-order valence-electron chi connectivity index (χ2n) is 4.29. The Hall–Kier alpha value is -0.880. The normalized spacial score (nSPS) is 21.4. The number of hydrogen-bond acceptors (Lipinski definition) is 4. The molecule has 0 radical (unpaired) electrons. The standard InChI is InChI=1S/C10H17N3O2S/c1-16(14,15)6-5-13-8-11-7-10(13)9-3-2-4-12-9/h7-9,12H,2-6H2,1H3. The third-order valence-electron chi connectivity index (χ3n) is 2.86. The fraction of sp³-hybridized carbons (Fsp3) is 0.700. The number of imidazole rings is 1. The van der Waals surface area contributed by atoms with Crippen molar-refractivity contribution >= 4 is 9.84 Å². The fourth-order valence-corrected chi connectivity index (χ4v) is 2.54. The average molecular weight is 243 g/mol. The molecular formula is C10H17N3O2S. The van der Waals surface area contributed by atoms with Crippen LogP contribution >= 0.6 is 0 Å². The van der Waals surface area contributed by atoms with E-state index >= 15 is 0 Å². The zero-order valence-electron chi connectivity index (χ0n) is 9.39. The van der Waals surface area contributed by atoms with Gasteiger partial charge in [0.25, 0.3) is 0 Å². The largest absolute Gasteiger partial charge is 0.332 e. The molecule has 1 aliphatic heterocycles. The molecule has 0 saturated carbocycles. The van der Waals surface area contributed by atoms with E-state index in [1.807, 2.05) is 10.8 Å². The topological polar surface area (TPSA) is 64.0 Å². The van der Waals surface area contributed by atoms with Crippen molar-refractivity contribution in [1.29, 1.82) is 0 Å². The van der Waals surface area contributed by atoms with Crippen LogP contribution in [0.4, 0.5) is 0 Å². The third-order valence-corrected chi connectivity index (χ3v) is 3.79. The van der Waals surface area contributed by atoms with E-state index in [9.17, 15) is 8.42 Å². The summed E-state index contributed by atoms with van der Waals surface area (Å²) in [5.74, 6) is 0.170. The van der Waals surface area contributed by atoms with Crippen LogP contribution in [0.1, 0.15) is 24.6 Å². The highest BCUT2D eigenvalue weighted by Crippen LogP contribution is 2.22. The molecule has 1 unspecified atom stereocenters. The summed E-state index contributed by atoms with van der Waals surface area (Å²) in [7, 11) is -2.91. The zero-order valence-corrected chi connectivity index (χ0v) is 10.2. The van der Waals surface area contributed by atoms with E-state index in [1.165, 1.54) is 12.7 Å². The van der Waals surface area contributed by atoms with Crippen molar-refractivity contribution in [3.05, 3.63) is 18.2 Å². The van der Waals surface area contributed by atoms with Crippen LogP contribution in [0.25, 0.3) is 0 Å². The molecule has 0 amide bonds. The van der Waals surface area contributed by atoms with Gasteiger partial charge >= 0.3 is 0 Å². The molecule has 5 nitrogen and oxygen atoms in total. The van der Waals surface area contributed by atoms with Gasteiger partial charge < -0.3 is 9.88 Å². The van der Waals surface area contributed by atoms with Gasteiger partial charge in [-0.15, -0.1) is 0 Å². The summed E-state index contributed by atoms with van der Waals surface area (Å²) in [6.45, 7) is 1.52. The van der Waals surface area contributed by atoms with Gasteiger partial charge in [0.05, 0.1) is 17.8 Å². The highest BCUT2D eigenvalue weighted by molar-refractivity contribution is 7.90. The summed E-state index contributed by atoms with van der Waals surface area (Å²) in [6, 6.07) is 0.335. The van der Waals surface area contributed by atoms with E-state index in [1.54, 1.807) is 6.33 Å². The molecule has 0 spiro atoms. The Labute approximate surface area is 95.8 Å². The summed E-state index contributed by atoms with van der Waals surface area (Å²) < 4.78 is 24.2. The van der Waals surface area contributed by atoms with E-state index in [4.69, 9.17) is 0 Å². The van der Waals surface area contributed by atoms with Crippen LogP contribution in [-0.2, 0) is 16.4 Å². The number of nitrogens with zero attached hydrogens (tertiary/aromatic N) is 2. The molecule has 1 atom stereocenters. The first-order chi connectivity index (χ1) is 7.56. The van der Waals surface area contributed by atoms with Crippen molar-refractivity contribution in [2.75, 3.05) is 18.6 Å². The number of rotatable bonds is 4. The van der Waals surface area contributed by atoms with Crippen molar-refractivity contribution < 1.29 is 8.42 Å². The Kier molecular flexibility index (Phi) is 3.30. The van der Waals surface area contributed by atoms with Crippen LogP contribution in [-0.4, -0.2) is 36.5 Å². The van der Waals surface area contributed by atoms with Crippen LogP contribution in [0.3, 0.4) is 0 Å². The summed E-state index contributed by atoms with van der Waals surface area (Å²) in [4.78, 5) is 4.10. The lowest BCUT2D eigenvalue weighted by molar-refractivity contribution is 0.566. The second-order valence-corrected chi connectivity index (χ2v) is 6.55. The van der Waals surface area contributed by atoms with Crippen LogP contribution < -0.4 is 5.32 Å². The molecule has 0 aromatic carbocycles. The number of sulfone groups is 1. The van der Waals surface area contributed by atoms with Crippen molar-refractivity contribution in [2.24, 2.45) is 0 Å². The molecular weight excluding hydrogens is 226 g/mol. The molecule has 0 aliphatic carbocycles. The van der Waals surface area contributed by atoms with E-state index < -0.39 is 9.84 Å². The maximum Gasteiger partial charge on any atom is 0.149 e. The molecule has 1 aromatic rings. The van der Waals surface area contributed by atoms with Crippen molar-refractivity contribution in [3.63, 3.8) is 0 Å². The van der Waals surface area contributed by atoms with Gasteiger partial charge in [0.1, 0.15) is 9.84 Å². The van der Waals surface area contributed by atoms with E-state index in [2.05, 4.69) is 10.3 Å². The summed E-state index contributed by atoms with van der Waals surface area (Å²) in [5, 5.41) is 3.39. The van der Waals surface area contributed by atoms with Crippen molar-refractivity contribution in [1.82, 2.24) is 14.9 Å². The van der Waals surface area contributed by atoms with Gasteiger partial charge in [-0.05, 0) is 19.4 Å². The van der Waals surface area contributed by atoms with Gasteiger partial charge in [-0.25, -0.2) is 13.4 Å². The number of hydrogen-bond donors (Lipinski definition) is 1. The minimum Gasteiger partial charge on any atom is -0.332 e. The Morgan fingerprint density at radius 1 is 1.62 bits per heavy atom. The molecule has 0 bridgehead atoms. The third kappa shape index (κ3) is 2.82. The fourth-order valence-electron chi connectivity index (χ4n) is 2.01. The van der Waals surface area contributed by atoms with Gasteiger partial charge in [-0.1, -0.05) is 0 Å². The van der Waals surface area contributed by atoms with E-state index in [-0.39, 0.29) is 5.75 Å². The van der Waals surface area contributed by atoms with Gasteiger partial charge in [-0.2, -0.15) is 0 Å². The van der Waals surface area contributed by atoms with Gasteiger partial charge in [0.15, 0.2) is 0 Å². The molecule has 1 saturated heterocycles. The lowest BCUT2D eigenvalue weighted by Crippen LogP contribution is -2.19. The molecule has 1 N–H and O–H groups in total. The first-order valence-corrected chi connectivity index (χ1v) is 7.53. The smallest absolute Gasteiger partial charge is 0.149 e. The van der Waals surface area contributed by atoms with Crippen LogP contribution in [0.15, 0.2) is 12.5 Å². The first kappa shape index (κ1) is 11.6. The Morgan fingerprint density at radius 2 is 2.44 bits per heavy atom. The maximum absolute atomic E-state index is 11.1. The molecule has 2 heterocycles. The summed E-state index contributed by atoms with van der Waals surface area (Å²) in [5.41, 5.74) is 1.10. The number of aryl methyl sites for hydroxylation is 1. The highest BCUT2D eigenvalue weighted by atomic mass is 32.2. The zero-order chi connectivity index (χ0) is 11.6. The van der Waals surface area contributed by atoms with Crippen molar-refractivity contribution in [3.8, 4) is 0 Å². The van der Waals surface area contributed by atoms with Gasteiger partial charge in [-0.3, -0.25) is 0 Å². The van der Waals surface area contributed by atoms with Crippen LogP contribution in [0.2, 0.25) is 0 Å². The summed E-state index contributed by atoms with van der Waals surface area (Å²) >= 11 is 0. The lowest BCUT2D eigenvalue weighted by atomic mass is 10.2. The predicted molar refractivity (Wildman–Crippen MR) is 61.9 cm³/mol. The number of nitrogens with one attached hydrogen (secondary N) is 1. The first-order valence-electron chi connectivity index (χ1n) is 5.47. The van der Waals surface area contributed by atoms with Crippen LogP contribution in [0, 0.1) is 0 Å². The molecule has 6 heteroatoms. The predicted octanol–water partition coefficient (Wildman–Crippen LogP) is 0.352. The Balaban J connectivity index is 2.07. The Bertz CT molecular complexity index is 446. The molecule has 1 aliphatic rings. The number of aromatic nitrogens is 2. The summed E-state index contributed by atoms with van der Waals surface area (Å²) in [6.07, 6.45) is 7.07. The highest BCUT2D eigenvalue weighted by Gasteiger charge is 2.19. The van der Waals surface area contributed by atoms with Gasteiger partial charge in [0, 0.05) is 25.0 Å². The minimum absolute atomic E-state index is 0.170.